The molecule has 0 radical (unpaired) electrons. The van der Waals surface area contributed by atoms with Gasteiger partial charge in [0.2, 0.25) is 0 Å². The van der Waals surface area contributed by atoms with Crippen molar-refractivity contribution in [3.63, 3.8) is 0 Å². The topological polar surface area (TPSA) is 89.9 Å². The zero-order valence-corrected chi connectivity index (χ0v) is 10.0. The minimum Gasteiger partial charge on any atom is -0.328 e. The Labute approximate surface area is 100.0 Å². The third-order valence-corrected chi connectivity index (χ3v) is 2.94. The molecule has 1 aromatic heterocycles. The molecule has 1 aliphatic rings. The van der Waals surface area contributed by atoms with E-state index in [0.717, 1.165) is 25.9 Å². The van der Waals surface area contributed by atoms with Crippen LogP contribution in [0.15, 0.2) is 0 Å². The maximum absolute atomic E-state index is 11.8. The molecule has 0 spiro atoms. The molecule has 2 heterocycles. The quantitative estimate of drug-likeness (QED) is 0.704. The van der Waals surface area contributed by atoms with E-state index in [0.29, 0.717) is 18.4 Å². The Morgan fingerprint density at radius 2 is 2.18 bits per heavy atom. The lowest BCUT2D eigenvalue weighted by molar-refractivity contribution is -0.119. The molecule has 0 bridgehead atoms. The zero-order chi connectivity index (χ0) is 12.3. The van der Waals surface area contributed by atoms with Crippen LogP contribution in [0.25, 0.3) is 0 Å². The molecule has 7 nitrogen and oxygen atoms in total. The molecule has 1 saturated heterocycles. The van der Waals surface area contributed by atoms with Gasteiger partial charge in [0.15, 0.2) is 11.6 Å². The minimum atomic E-state index is 0.133. The molecule has 2 N–H and O–H groups in total. The van der Waals surface area contributed by atoms with E-state index >= 15 is 0 Å². The summed E-state index contributed by atoms with van der Waals surface area (Å²) in [4.78, 5) is 15.3. The van der Waals surface area contributed by atoms with Gasteiger partial charge in [-0.1, -0.05) is 0 Å². The highest BCUT2D eigenvalue weighted by atomic mass is 16.1. The van der Waals surface area contributed by atoms with Crippen molar-refractivity contribution in [2.75, 3.05) is 19.6 Å². The number of rotatable bonds is 4. The molecule has 0 aliphatic carbocycles. The van der Waals surface area contributed by atoms with Crippen molar-refractivity contribution in [1.82, 2.24) is 25.1 Å². The second kappa shape index (κ2) is 5.33. The first-order chi connectivity index (χ1) is 8.13. The van der Waals surface area contributed by atoms with Crippen LogP contribution in [-0.4, -0.2) is 56.6 Å². The van der Waals surface area contributed by atoms with Gasteiger partial charge in [0.25, 0.3) is 0 Å². The highest BCUT2D eigenvalue weighted by Gasteiger charge is 2.19. The number of likely N-dealkylation sites (tertiary alicyclic amines) is 1. The summed E-state index contributed by atoms with van der Waals surface area (Å²) in [5.74, 6) is 0.625. The Morgan fingerprint density at radius 3 is 2.76 bits per heavy atom. The number of aryl methyl sites for hydroxylation is 1. The summed E-state index contributed by atoms with van der Waals surface area (Å²) in [6.07, 6.45) is 2.20. The summed E-state index contributed by atoms with van der Waals surface area (Å²) < 4.78 is 0. The fourth-order valence-corrected chi connectivity index (χ4v) is 1.99. The van der Waals surface area contributed by atoms with E-state index in [1.165, 1.54) is 4.80 Å². The van der Waals surface area contributed by atoms with Crippen LogP contribution < -0.4 is 5.73 Å². The highest BCUT2D eigenvalue weighted by Crippen LogP contribution is 2.07. The Bertz CT molecular complexity index is 382. The number of carbonyl (C=O) groups excluding carboxylic acids is 1. The molecule has 0 amide bonds. The summed E-state index contributed by atoms with van der Waals surface area (Å²) in [6.45, 7) is 2.27. The smallest absolute Gasteiger partial charge is 0.182 e. The Morgan fingerprint density at radius 1 is 1.47 bits per heavy atom. The van der Waals surface area contributed by atoms with Crippen molar-refractivity contribution >= 4 is 5.78 Å². The average Bonchev–Trinajstić information content (AvgIpc) is 2.67. The van der Waals surface area contributed by atoms with Crippen molar-refractivity contribution in [3.8, 4) is 0 Å². The van der Waals surface area contributed by atoms with Gasteiger partial charge >= 0.3 is 0 Å². The van der Waals surface area contributed by atoms with Gasteiger partial charge in [-0.25, -0.2) is 0 Å². The van der Waals surface area contributed by atoms with Gasteiger partial charge in [0.1, 0.15) is 0 Å². The van der Waals surface area contributed by atoms with Crippen molar-refractivity contribution in [1.29, 1.82) is 0 Å². The SMILES string of the molecule is Cn1nnc(CC(=O)CN2CCC(N)CC2)n1. The standard InChI is InChI=1S/C10H18N6O/c1-15-13-10(12-14-15)6-9(17)7-16-4-2-8(11)3-5-16/h8H,2-7,11H2,1H3. The largest absolute Gasteiger partial charge is 0.328 e. The van der Waals surface area contributed by atoms with Crippen molar-refractivity contribution in [2.45, 2.75) is 25.3 Å². The molecular weight excluding hydrogens is 220 g/mol. The molecule has 2 rings (SSSR count). The molecule has 0 saturated carbocycles. The van der Waals surface area contributed by atoms with Gasteiger partial charge in [-0.3, -0.25) is 9.69 Å². The van der Waals surface area contributed by atoms with Gasteiger partial charge in [0.05, 0.1) is 20.0 Å². The monoisotopic (exact) mass is 238 g/mol. The highest BCUT2D eigenvalue weighted by molar-refractivity contribution is 5.82. The Balaban J connectivity index is 1.77. The maximum Gasteiger partial charge on any atom is 0.182 e. The summed E-state index contributed by atoms with van der Waals surface area (Å²) in [5.41, 5.74) is 5.81. The van der Waals surface area contributed by atoms with E-state index < -0.39 is 0 Å². The lowest BCUT2D eigenvalue weighted by Gasteiger charge is -2.29. The number of hydrogen-bond donors (Lipinski definition) is 1. The molecule has 94 valence electrons. The molecule has 0 atom stereocenters. The van der Waals surface area contributed by atoms with Gasteiger partial charge in [-0.15, -0.1) is 10.2 Å². The second-order valence-corrected chi connectivity index (χ2v) is 4.52. The van der Waals surface area contributed by atoms with Crippen LogP contribution >= 0.6 is 0 Å². The number of piperidine rings is 1. The number of nitrogens with two attached hydrogens (primary N) is 1. The van der Waals surface area contributed by atoms with Gasteiger partial charge in [0, 0.05) is 19.1 Å². The first kappa shape index (κ1) is 12.1. The fraction of sp³-hybridized carbons (Fsp3) is 0.800. The lowest BCUT2D eigenvalue weighted by Crippen LogP contribution is -2.42. The van der Waals surface area contributed by atoms with Crippen LogP contribution in [0.4, 0.5) is 0 Å². The average molecular weight is 238 g/mol. The molecule has 1 aromatic rings. The molecule has 1 fully saturated rings. The number of hydrogen-bond acceptors (Lipinski definition) is 6. The first-order valence-corrected chi connectivity index (χ1v) is 5.86. The van der Waals surface area contributed by atoms with E-state index in [4.69, 9.17) is 5.73 Å². The van der Waals surface area contributed by atoms with Crippen LogP contribution in [0.1, 0.15) is 18.7 Å². The van der Waals surface area contributed by atoms with E-state index in [-0.39, 0.29) is 12.2 Å². The lowest BCUT2D eigenvalue weighted by atomic mass is 10.1. The second-order valence-electron chi connectivity index (χ2n) is 4.52. The molecule has 0 unspecified atom stereocenters. The first-order valence-electron chi connectivity index (χ1n) is 5.86. The summed E-state index contributed by atoms with van der Waals surface area (Å²) in [5, 5.41) is 11.5. The summed E-state index contributed by atoms with van der Waals surface area (Å²) >= 11 is 0. The zero-order valence-electron chi connectivity index (χ0n) is 10.0. The van der Waals surface area contributed by atoms with Crippen LogP contribution in [-0.2, 0) is 18.3 Å². The number of carbonyl (C=O) groups is 1. The van der Waals surface area contributed by atoms with Crippen LogP contribution in [0.3, 0.4) is 0 Å². The van der Waals surface area contributed by atoms with Crippen LogP contribution in [0.5, 0.6) is 0 Å². The van der Waals surface area contributed by atoms with Gasteiger partial charge in [-0.05, 0) is 18.1 Å². The number of ketones is 1. The molecule has 17 heavy (non-hydrogen) atoms. The molecule has 7 heteroatoms. The fourth-order valence-electron chi connectivity index (χ4n) is 1.99. The van der Waals surface area contributed by atoms with Gasteiger partial charge < -0.3 is 5.73 Å². The van der Waals surface area contributed by atoms with Crippen LogP contribution in [0, 0.1) is 0 Å². The van der Waals surface area contributed by atoms with Crippen molar-refractivity contribution in [2.24, 2.45) is 12.8 Å². The van der Waals surface area contributed by atoms with E-state index in [1.807, 2.05) is 0 Å². The van der Waals surface area contributed by atoms with Crippen molar-refractivity contribution in [3.05, 3.63) is 5.82 Å². The van der Waals surface area contributed by atoms with Crippen molar-refractivity contribution < 1.29 is 4.79 Å². The van der Waals surface area contributed by atoms with E-state index in [9.17, 15) is 4.79 Å². The molecule has 0 aromatic carbocycles. The Kier molecular flexibility index (Phi) is 3.80. The third kappa shape index (κ3) is 3.57. The normalized spacial score (nSPS) is 18.5. The summed E-state index contributed by atoms with van der Waals surface area (Å²) in [7, 11) is 1.69. The number of Topliss-reactive ketones (excluding diaryl/α,β-unsaturated/α-hetero) is 1. The third-order valence-electron chi connectivity index (χ3n) is 2.94. The van der Waals surface area contributed by atoms with Gasteiger partial charge in [-0.2, -0.15) is 4.80 Å². The molecular formula is C10H18N6O. The number of nitrogens with zero attached hydrogens (tertiary/aromatic N) is 5. The number of aromatic nitrogens is 4. The predicted octanol–water partition coefficient (Wildman–Crippen LogP) is -1.26. The van der Waals surface area contributed by atoms with E-state index in [2.05, 4.69) is 20.3 Å². The van der Waals surface area contributed by atoms with E-state index in [1.54, 1.807) is 7.05 Å². The summed E-state index contributed by atoms with van der Waals surface area (Å²) in [6, 6.07) is 0.294. The molecule has 1 aliphatic heterocycles. The Hall–Kier alpha value is -1.34. The van der Waals surface area contributed by atoms with Crippen LogP contribution in [0.2, 0.25) is 0 Å². The number of tetrazole rings is 1. The maximum atomic E-state index is 11.8. The predicted molar refractivity (Wildman–Crippen MR) is 61.2 cm³/mol. The minimum absolute atomic E-state index is 0.133.